The molecule has 0 N–H and O–H groups in total. The molecule has 2 aromatic carbocycles. The lowest BCUT2D eigenvalue weighted by Crippen LogP contribution is -2.04. The van der Waals surface area contributed by atoms with Gasteiger partial charge in [-0.15, -0.1) is 0 Å². The third-order valence-electron chi connectivity index (χ3n) is 3.91. The molecule has 0 amide bonds. The van der Waals surface area contributed by atoms with E-state index < -0.39 is 0 Å². The van der Waals surface area contributed by atoms with Gasteiger partial charge < -0.3 is 14.0 Å². The van der Waals surface area contributed by atoms with Gasteiger partial charge in [0.2, 0.25) is 0 Å². The van der Waals surface area contributed by atoms with Crippen LogP contribution in [0.3, 0.4) is 0 Å². The molecule has 0 saturated heterocycles. The number of aryl methyl sites for hydroxylation is 1. The van der Waals surface area contributed by atoms with Crippen LogP contribution in [0.5, 0.6) is 11.5 Å². The largest absolute Gasteiger partial charge is 0.493 e. The summed E-state index contributed by atoms with van der Waals surface area (Å²) in [6.45, 7) is 2.54. The number of nitriles is 1. The normalized spacial score (nSPS) is 10.5. The van der Waals surface area contributed by atoms with E-state index in [-0.39, 0.29) is 0 Å². The van der Waals surface area contributed by atoms with Crippen LogP contribution < -0.4 is 9.47 Å². The molecular formula is C18H17N3O2. The number of hydrogen-bond acceptors (Lipinski definition) is 4. The molecule has 0 atom stereocenters. The molecule has 0 aliphatic rings. The fraction of sp³-hybridized carbons (Fsp3) is 0.222. The van der Waals surface area contributed by atoms with Crippen molar-refractivity contribution in [1.29, 1.82) is 5.26 Å². The molecule has 0 radical (unpaired) electrons. The van der Waals surface area contributed by atoms with E-state index in [0.29, 0.717) is 23.6 Å². The molecule has 0 fully saturated rings. The predicted molar refractivity (Wildman–Crippen MR) is 87.8 cm³/mol. The van der Waals surface area contributed by atoms with Gasteiger partial charge in [0.05, 0.1) is 43.4 Å². The van der Waals surface area contributed by atoms with Crippen LogP contribution in [0.25, 0.3) is 11.0 Å². The minimum absolute atomic E-state index is 0.585. The second kappa shape index (κ2) is 6.01. The Morgan fingerprint density at radius 3 is 2.52 bits per heavy atom. The van der Waals surface area contributed by atoms with Crippen LogP contribution in [0.15, 0.2) is 36.4 Å². The van der Waals surface area contributed by atoms with Crippen LogP contribution in [0, 0.1) is 18.3 Å². The van der Waals surface area contributed by atoms with E-state index in [1.807, 2.05) is 43.3 Å². The summed E-state index contributed by atoms with van der Waals surface area (Å²) in [6, 6.07) is 13.6. The van der Waals surface area contributed by atoms with Crippen LogP contribution in [-0.2, 0) is 6.54 Å². The van der Waals surface area contributed by atoms with E-state index in [9.17, 15) is 5.26 Å². The number of imidazole rings is 1. The zero-order chi connectivity index (χ0) is 16.4. The smallest absolute Gasteiger partial charge is 0.163 e. The maximum Gasteiger partial charge on any atom is 0.163 e. The molecule has 5 nitrogen and oxygen atoms in total. The second-order valence-corrected chi connectivity index (χ2v) is 5.21. The first-order valence-electron chi connectivity index (χ1n) is 7.24. The molecule has 3 aromatic rings. The van der Waals surface area contributed by atoms with E-state index in [0.717, 1.165) is 22.4 Å². The van der Waals surface area contributed by atoms with Crippen LogP contribution in [0.4, 0.5) is 0 Å². The molecule has 0 aliphatic heterocycles. The molecule has 0 unspecified atom stereocenters. The van der Waals surface area contributed by atoms with Gasteiger partial charge in [-0.2, -0.15) is 5.26 Å². The van der Waals surface area contributed by atoms with Crippen molar-refractivity contribution in [2.24, 2.45) is 0 Å². The summed E-state index contributed by atoms with van der Waals surface area (Å²) in [5.74, 6) is 2.19. The Labute approximate surface area is 134 Å². The number of nitrogens with zero attached hydrogens (tertiary/aromatic N) is 3. The van der Waals surface area contributed by atoms with Gasteiger partial charge in [-0.1, -0.05) is 18.2 Å². The molecule has 0 spiro atoms. The Balaban J connectivity index is 2.14. The fourth-order valence-corrected chi connectivity index (χ4v) is 2.71. The molecule has 0 bridgehead atoms. The van der Waals surface area contributed by atoms with Crippen LogP contribution in [0.2, 0.25) is 0 Å². The maximum atomic E-state index is 9.27. The first kappa shape index (κ1) is 14.9. The lowest BCUT2D eigenvalue weighted by molar-refractivity contribution is 0.355. The molecule has 0 aliphatic carbocycles. The summed E-state index contributed by atoms with van der Waals surface area (Å²) < 4.78 is 12.8. The van der Waals surface area contributed by atoms with Gasteiger partial charge in [0.1, 0.15) is 5.82 Å². The quantitative estimate of drug-likeness (QED) is 0.742. The molecular weight excluding hydrogens is 290 g/mol. The van der Waals surface area contributed by atoms with Gasteiger partial charge >= 0.3 is 0 Å². The summed E-state index contributed by atoms with van der Waals surface area (Å²) in [5, 5.41) is 9.27. The van der Waals surface area contributed by atoms with Crippen LogP contribution in [-0.4, -0.2) is 23.8 Å². The molecule has 5 heteroatoms. The van der Waals surface area contributed by atoms with E-state index in [1.54, 1.807) is 14.2 Å². The third kappa shape index (κ3) is 2.59. The van der Waals surface area contributed by atoms with Gasteiger partial charge in [-0.3, -0.25) is 0 Å². The predicted octanol–water partition coefficient (Wildman–Crippen LogP) is 3.28. The summed E-state index contributed by atoms with van der Waals surface area (Å²) in [4.78, 5) is 4.59. The first-order valence-corrected chi connectivity index (χ1v) is 7.24. The lowest BCUT2D eigenvalue weighted by atomic mass is 10.1. The topological polar surface area (TPSA) is 60.1 Å². The first-order chi connectivity index (χ1) is 11.2. The number of hydrogen-bond donors (Lipinski definition) is 0. The number of methoxy groups -OCH3 is 2. The highest BCUT2D eigenvalue weighted by atomic mass is 16.5. The van der Waals surface area contributed by atoms with Gasteiger partial charge in [0.25, 0.3) is 0 Å². The van der Waals surface area contributed by atoms with Crippen LogP contribution in [0.1, 0.15) is 17.0 Å². The Morgan fingerprint density at radius 1 is 1.13 bits per heavy atom. The minimum Gasteiger partial charge on any atom is -0.493 e. The molecule has 3 rings (SSSR count). The van der Waals surface area contributed by atoms with E-state index in [2.05, 4.69) is 15.6 Å². The average molecular weight is 307 g/mol. The SMILES string of the molecule is COc1cc2nc(C)n(Cc3ccccc3C#N)c2cc1OC. The molecule has 116 valence electrons. The number of ether oxygens (including phenoxy) is 2. The molecule has 0 saturated carbocycles. The van der Waals surface area contributed by atoms with Crippen molar-refractivity contribution < 1.29 is 9.47 Å². The van der Waals surface area contributed by atoms with Gasteiger partial charge in [-0.25, -0.2) is 4.98 Å². The lowest BCUT2D eigenvalue weighted by Gasteiger charge is -2.11. The van der Waals surface area contributed by atoms with E-state index in [1.165, 1.54) is 0 Å². The second-order valence-electron chi connectivity index (χ2n) is 5.21. The fourth-order valence-electron chi connectivity index (χ4n) is 2.71. The van der Waals surface area contributed by atoms with Crippen molar-refractivity contribution in [2.75, 3.05) is 14.2 Å². The third-order valence-corrected chi connectivity index (χ3v) is 3.91. The maximum absolute atomic E-state index is 9.27. The Bertz CT molecular complexity index is 907. The Morgan fingerprint density at radius 2 is 1.83 bits per heavy atom. The summed E-state index contributed by atoms with van der Waals surface area (Å²) in [5.41, 5.74) is 3.43. The Hall–Kier alpha value is -3.00. The molecule has 1 heterocycles. The average Bonchev–Trinajstić information content (AvgIpc) is 2.88. The van der Waals surface area contributed by atoms with Crippen molar-refractivity contribution >= 4 is 11.0 Å². The highest BCUT2D eigenvalue weighted by Gasteiger charge is 2.14. The van der Waals surface area contributed by atoms with Crippen molar-refractivity contribution in [3.8, 4) is 17.6 Å². The summed E-state index contributed by atoms with van der Waals surface area (Å²) in [6.07, 6.45) is 0. The van der Waals surface area contributed by atoms with E-state index >= 15 is 0 Å². The van der Waals surface area contributed by atoms with Gasteiger partial charge in [0.15, 0.2) is 11.5 Å². The molecule has 23 heavy (non-hydrogen) atoms. The van der Waals surface area contributed by atoms with Gasteiger partial charge in [0, 0.05) is 12.1 Å². The van der Waals surface area contributed by atoms with E-state index in [4.69, 9.17) is 9.47 Å². The van der Waals surface area contributed by atoms with Crippen molar-refractivity contribution in [3.05, 3.63) is 53.3 Å². The number of fused-ring (bicyclic) bond motifs is 1. The van der Waals surface area contributed by atoms with Crippen molar-refractivity contribution in [1.82, 2.24) is 9.55 Å². The number of benzene rings is 2. The standard InChI is InChI=1S/C18H17N3O2/c1-12-20-15-8-17(22-2)18(23-3)9-16(15)21(12)11-14-7-5-4-6-13(14)10-19/h4-9H,11H2,1-3H3. The monoisotopic (exact) mass is 307 g/mol. The highest BCUT2D eigenvalue weighted by Crippen LogP contribution is 2.32. The number of rotatable bonds is 4. The number of aromatic nitrogens is 2. The van der Waals surface area contributed by atoms with Crippen molar-refractivity contribution in [3.63, 3.8) is 0 Å². The Kier molecular flexibility index (Phi) is 3.90. The van der Waals surface area contributed by atoms with Crippen LogP contribution >= 0.6 is 0 Å². The summed E-state index contributed by atoms with van der Waals surface area (Å²) >= 11 is 0. The van der Waals surface area contributed by atoms with Gasteiger partial charge in [-0.05, 0) is 18.6 Å². The summed E-state index contributed by atoms with van der Waals surface area (Å²) in [7, 11) is 3.22. The molecule has 1 aromatic heterocycles. The zero-order valence-corrected chi connectivity index (χ0v) is 13.3. The zero-order valence-electron chi connectivity index (χ0n) is 13.3. The van der Waals surface area contributed by atoms with Crippen molar-refractivity contribution in [2.45, 2.75) is 13.5 Å². The minimum atomic E-state index is 0.585. The highest BCUT2D eigenvalue weighted by molar-refractivity contribution is 5.80.